The van der Waals surface area contributed by atoms with Gasteiger partial charge in [-0.3, -0.25) is 0 Å². The number of anilines is 2. The summed E-state index contributed by atoms with van der Waals surface area (Å²) in [5.41, 5.74) is 1.74. The van der Waals surface area contributed by atoms with Crippen LogP contribution in [0.5, 0.6) is 0 Å². The van der Waals surface area contributed by atoms with Crippen LogP contribution in [0.4, 0.5) is 10.8 Å². The van der Waals surface area contributed by atoms with E-state index in [4.69, 9.17) is 23.2 Å². The topological polar surface area (TPSA) is 24.9 Å². The van der Waals surface area contributed by atoms with Crippen LogP contribution in [-0.2, 0) is 0 Å². The van der Waals surface area contributed by atoms with Gasteiger partial charge in [-0.1, -0.05) is 46.7 Å². The molecule has 0 amide bonds. The molecule has 0 aliphatic rings. The maximum atomic E-state index is 6.09. The van der Waals surface area contributed by atoms with Crippen molar-refractivity contribution in [3.8, 4) is 0 Å². The maximum absolute atomic E-state index is 6.09. The van der Waals surface area contributed by atoms with Gasteiger partial charge in [-0.15, -0.1) is 0 Å². The van der Waals surface area contributed by atoms with Crippen LogP contribution in [0.2, 0.25) is 10.0 Å². The molecule has 3 aromatic rings. The van der Waals surface area contributed by atoms with Crippen molar-refractivity contribution >= 4 is 55.6 Å². The highest BCUT2D eigenvalue weighted by Gasteiger charge is 2.06. The molecule has 0 aliphatic carbocycles. The van der Waals surface area contributed by atoms with E-state index in [1.165, 1.54) is 0 Å². The fraction of sp³-hybridized carbons (Fsp3) is 0. The van der Waals surface area contributed by atoms with Gasteiger partial charge in [-0.25, -0.2) is 4.98 Å². The number of halogens is 2. The van der Waals surface area contributed by atoms with E-state index in [2.05, 4.69) is 10.3 Å². The molecule has 2 aromatic carbocycles. The van der Waals surface area contributed by atoms with Crippen molar-refractivity contribution in [2.45, 2.75) is 0 Å². The first-order chi connectivity index (χ1) is 8.72. The standard InChI is InChI=1S/C13H8Cl2N2S/c14-8-5-6-12-11(7-8)17-13(18-12)16-10-4-2-1-3-9(10)15/h1-7H,(H,16,17). The van der Waals surface area contributed by atoms with Gasteiger partial charge in [0.05, 0.1) is 20.9 Å². The van der Waals surface area contributed by atoms with Gasteiger partial charge in [-0.05, 0) is 30.3 Å². The minimum Gasteiger partial charge on any atom is -0.330 e. The van der Waals surface area contributed by atoms with E-state index in [1.54, 1.807) is 11.3 Å². The van der Waals surface area contributed by atoms with E-state index < -0.39 is 0 Å². The van der Waals surface area contributed by atoms with Gasteiger partial charge >= 0.3 is 0 Å². The van der Waals surface area contributed by atoms with Gasteiger partial charge in [0.15, 0.2) is 5.13 Å². The summed E-state index contributed by atoms with van der Waals surface area (Å²) in [5, 5.41) is 5.39. The molecule has 0 unspecified atom stereocenters. The molecule has 3 rings (SSSR count). The van der Waals surface area contributed by atoms with Crippen LogP contribution in [0.25, 0.3) is 10.2 Å². The number of nitrogens with one attached hydrogen (secondary N) is 1. The summed E-state index contributed by atoms with van der Waals surface area (Å²) in [7, 11) is 0. The second kappa shape index (κ2) is 4.76. The summed E-state index contributed by atoms with van der Waals surface area (Å²) in [6.45, 7) is 0. The molecule has 0 atom stereocenters. The van der Waals surface area contributed by atoms with Crippen LogP contribution in [0, 0.1) is 0 Å². The molecule has 0 fully saturated rings. The van der Waals surface area contributed by atoms with Crippen molar-refractivity contribution in [3.63, 3.8) is 0 Å². The molecule has 5 heteroatoms. The molecule has 0 radical (unpaired) electrons. The Morgan fingerprint density at radius 3 is 2.72 bits per heavy atom. The summed E-state index contributed by atoms with van der Waals surface area (Å²) >= 11 is 13.6. The third-order valence-electron chi connectivity index (χ3n) is 2.47. The van der Waals surface area contributed by atoms with Gasteiger partial charge in [0.2, 0.25) is 0 Å². The molecule has 90 valence electrons. The maximum Gasteiger partial charge on any atom is 0.188 e. The molecule has 0 saturated heterocycles. The van der Waals surface area contributed by atoms with E-state index in [1.807, 2.05) is 42.5 Å². The Morgan fingerprint density at radius 2 is 1.89 bits per heavy atom. The van der Waals surface area contributed by atoms with Gasteiger partial charge in [0, 0.05) is 5.02 Å². The van der Waals surface area contributed by atoms with E-state index in [-0.39, 0.29) is 0 Å². The molecule has 0 bridgehead atoms. The number of thiazole rings is 1. The minimum atomic E-state index is 0.676. The molecule has 2 nitrogen and oxygen atoms in total. The fourth-order valence-electron chi connectivity index (χ4n) is 1.63. The molecular weight excluding hydrogens is 287 g/mol. The lowest BCUT2D eigenvalue weighted by atomic mass is 10.3. The zero-order valence-corrected chi connectivity index (χ0v) is 11.5. The van der Waals surface area contributed by atoms with Gasteiger partial charge in [0.25, 0.3) is 0 Å². The molecule has 1 aromatic heterocycles. The Bertz CT molecular complexity index is 709. The number of benzene rings is 2. The summed E-state index contributed by atoms with van der Waals surface area (Å²) in [4.78, 5) is 4.47. The van der Waals surface area contributed by atoms with Crippen molar-refractivity contribution < 1.29 is 0 Å². The number of nitrogens with zero attached hydrogens (tertiary/aromatic N) is 1. The normalized spacial score (nSPS) is 10.8. The van der Waals surface area contributed by atoms with Crippen molar-refractivity contribution in [1.29, 1.82) is 0 Å². The van der Waals surface area contributed by atoms with Gasteiger partial charge < -0.3 is 5.32 Å². The fourth-order valence-corrected chi connectivity index (χ4v) is 2.84. The van der Waals surface area contributed by atoms with Crippen LogP contribution >= 0.6 is 34.5 Å². The lowest BCUT2D eigenvalue weighted by Gasteiger charge is -2.03. The number of aromatic nitrogens is 1. The van der Waals surface area contributed by atoms with Crippen molar-refractivity contribution in [1.82, 2.24) is 4.98 Å². The van der Waals surface area contributed by atoms with Gasteiger partial charge in [-0.2, -0.15) is 0 Å². The summed E-state index contributed by atoms with van der Waals surface area (Å²) in [5.74, 6) is 0. The largest absolute Gasteiger partial charge is 0.330 e. The first-order valence-electron chi connectivity index (χ1n) is 5.30. The average molecular weight is 295 g/mol. The second-order valence-corrected chi connectivity index (χ2v) is 5.61. The quantitative estimate of drug-likeness (QED) is 0.689. The Kier molecular flexibility index (Phi) is 3.12. The van der Waals surface area contributed by atoms with E-state index in [9.17, 15) is 0 Å². The van der Waals surface area contributed by atoms with Crippen LogP contribution in [0.15, 0.2) is 42.5 Å². The highest BCUT2D eigenvalue weighted by molar-refractivity contribution is 7.22. The third-order valence-corrected chi connectivity index (χ3v) is 3.98. The minimum absolute atomic E-state index is 0.676. The molecule has 0 aliphatic heterocycles. The van der Waals surface area contributed by atoms with E-state index in [0.717, 1.165) is 21.0 Å². The Morgan fingerprint density at radius 1 is 1.06 bits per heavy atom. The molecular formula is C13H8Cl2N2S. The number of fused-ring (bicyclic) bond motifs is 1. The lowest BCUT2D eigenvalue weighted by molar-refractivity contribution is 1.44. The smallest absolute Gasteiger partial charge is 0.188 e. The Labute approximate surface area is 118 Å². The Hall–Kier alpha value is -1.29. The van der Waals surface area contributed by atoms with Crippen LogP contribution in [0.3, 0.4) is 0 Å². The SMILES string of the molecule is Clc1ccc2sc(Nc3ccccc3Cl)nc2c1. The van der Waals surface area contributed by atoms with Crippen molar-refractivity contribution in [2.24, 2.45) is 0 Å². The predicted octanol–water partition coefficient (Wildman–Crippen LogP) is 5.35. The molecule has 0 spiro atoms. The van der Waals surface area contributed by atoms with Crippen LogP contribution in [-0.4, -0.2) is 4.98 Å². The predicted molar refractivity (Wildman–Crippen MR) is 79.4 cm³/mol. The molecule has 1 N–H and O–H groups in total. The Balaban J connectivity index is 1.98. The third kappa shape index (κ3) is 2.29. The monoisotopic (exact) mass is 294 g/mol. The second-order valence-electron chi connectivity index (χ2n) is 3.74. The zero-order chi connectivity index (χ0) is 12.5. The number of hydrogen-bond acceptors (Lipinski definition) is 3. The molecule has 0 saturated carbocycles. The highest BCUT2D eigenvalue weighted by atomic mass is 35.5. The summed E-state index contributed by atoms with van der Waals surface area (Å²) in [6, 6.07) is 13.3. The summed E-state index contributed by atoms with van der Waals surface area (Å²) < 4.78 is 1.09. The first-order valence-corrected chi connectivity index (χ1v) is 6.87. The van der Waals surface area contributed by atoms with E-state index in [0.29, 0.717) is 10.0 Å². The lowest BCUT2D eigenvalue weighted by Crippen LogP contribution is -1.89. The zero-order valence-electron chi connectivity index (χ0n) is 9.15. The molecule has 18 heavy (non-hydrogen) atoms. The highest BCUT2D eigenvalue weighted by Crippen LogP contribution is 2.31. The number of para-hydroxylation sites is 1. The van der Waals surface area contributed by atoms with Gasteiger partial charge in [0.1, 0.15) is 0 Å². The average Bonchev–Trinajstić information content (AvgIpc) is 2.73. The van der Waals surface area contributed by atoms with E-state index >= 15 is 0 Å². The van der Waals surface area contributed by atoms with Crippen molar-refractivity contribution in [2.75, 3.05) is 5.32 Å². The number of rotatable bonds is 2. The van der Waals surface area contributed by atoms with Crippen LogP contribution < -0.4 is 5.32 Å². The first kappa shape index (κ1) is 11.8. The molecule has 1 heterocycles. The number of hydrogen-bond donors (Lipinski definition) is 1. The van der Waals surface area contributed by atoms with Crippen molar-refractivity contribution in [3.05, 3.63) is 52.5 Å². The summed E-state index contributed by atoms with van der Waals surface area (Å²) in [6.07, 6.45) is 0. The van der Waals surface area contributed by atoms with Crippen LogP contribution in [0.1, 0.15) is 0 Å².